The lowest BCUT2D eigenvalue weighted by Crippen LogP contribution is -2.48. The highest BCUT2D eigenvalue weighted by atomic mass is 32.2. The van der Waals surface area contributed by atoms with Gasteiger partial charge in [0.05, 0.1) is 11.5 Å². The topological polar surface area (TPSA) is 63.7 Å². The third kappa shape index (κ3) is 4.64. The molecule has 2 aromatic rings. The molecule has 1 heterocycles. The van der Waals surface area contributed by atoms with Gasteiger partial charge in [-0.05, 0) is 30.9 Å². The maximum atomic E-state index is 13.2. The number of benzene rings is 2. The molecule has 4 rings (SSSR count). The van der Waals surface area contributed by atoms with Crippen LogP contribution in [-0.2, 0) is 14.6 Å². The quantitative estimate of drug-likeness (QED) is 0.725. The molecule has 2 aromatic carbocycles. The maximum absolute atomic E-state index is 13.2. The average molecular weight is 414 g/mol. The van der Waals surface area contributed by atoms with Gasteiger partial charge < -0.3 is 9.64 Å². The molecule has 0 spiro atoms. The summed E-state index contributed by atoms with van der Waals surface area (Å²) in [6, 6.07) is 17.5. The van der Waals surface area contributed by atoms with Crippen molar-refractivity contribution in [1.29, 1.82) is 0 Å². The number of carbonyl (C=O) groups excluding carboxylic acids is 1. The van der Waals surface area contributed by atoms with E-state index in [2.05, 4.69) is 0 Å². The summed E-state index contributed by atoms with van der Waals surface area (Å²) in [6.07, 6.45) is 4.61. The number of para-hydroxylation sites is 1. The van der Waals surface area contributed by atoms with Crippen LogP contribution in [0.2, 0.25) is 0 Å². The van der Waals surface area contributed by atoms with Gasteiger partial charge in [-0.1, -0.05) is 61.4 Å². The zero-order chi connectivity index (χ0) is 20.3. The molecule has 1 saturated heterocycles. The molecule has 0 aromatic heterocycles. The van der Waals surface area contributed by atoms with Crippen molar-refractivity contribution in [2.24, 2.45) is 0 Å². The smallest absolute Gasteiger partial charge is 0.261 e. The summed E-state index contributed by atoms with van der Waals surface area (Å²) in [6.45, 7) is -0.0725. The predicted molar refractivity (Wildman–Crippen MR) is 114 cm³/mol. The number of ether oxygens (including phenoxy) is 1. The molecular formula is C23H27NO4S. The second kappa shape index (κ2) is 8.57. The van der Waals surface area contributed by atoms with Gasteiger partial charge in [0, 0.05) is 17.6 Å². The van der Waals surface area contributed by atoms with E-state index in [0.717, 1.165) is 36.8 Å². The lowest BCUT2D eigenvalue weighted by molar-refractivity contribution is -0.137. The van der Waals surface area contributed by atoms with Gasteiger partial charge in [0.2, 0.25) is 0 Å². The summed E-state index contributed by atoms with van der Waals surface area (Å²) in [5.74, 6) is 0.807. The van der Waals surface area contributed by atoms with Gasteiger partial charge in [0.15, 0.2) is 16.4 Å². The Morgan fingerprint density at radius 2 is 1.62 bits per heavy atom. The number of hydrogen-bond acceptors (Lipinski definition) is 4. The summed E-state index contributed by atoms with van der Waals surface area (Å²) in [7, 11) is -3.05. The molecule has 0 N–H and O–H groups in total. The fraction of sp³-hybridized carbons (Fsp3) is 0.435. The first-order valence-electron chi connectivity index (χ1n) is 10.3. The minimum absolute atomic E-state index is 0.0725. The third-order valence-corrected chi connectivity index (χ3v) is 7.68. The van der Waals surface area contributed by atoms with Crippen molar-refractivity contribution in [1.82, 2.24) is 4.90 Å². The van der Waals surface area contributed by atoms with E-state index in [1.807, 2.05) is 59.5 Å². The fourth-order valence-electron chi connectivity index (χ4n) is 4.55. The molecule has 5 nitrogen and oxygen atoms in total. The van der Waals surface area contributed by atoms with Crippen LogP contribution in [0.5, 0.6) is 5.75 Å². The van der Waals surface area contributed by atoms with Crippen molar-refractivity contribution in [3.8, 4) is 16.9 Å². The summed E-state index contributed by atoms with van der Waals surface area (Å²) >= 11 is 0. The minimum Gasteiger partial charge on any atom is -0.483 e. The Morgan fingerprint density at radius 3 is 2.31 bits per heavy atom. The van der Waals surface area contributed by atoms with Gasteiger partial charge in [-0.25, -0.2) is 8.42 Å². The Bertz CT molecular complexity index is 952. The number of rotatable bonds is 6. The Kier molecular flexibility index (Phi) is 5.90. The summed E-state index contributed by atoms with van der Waals surface area (Å²) in [5, 5.41) is 0. The average Bonchev–Trinajstić information content (AvgIpc) is 3.37. The first-order chi connectivity index (χ1) is 14.0. The third-order valence-electron chi connectivity index (χ3n) is 5.93. The monoisotopic (exact) mass is 413 g/mol. The summed E-state index contributed by atoms with van der Waals surface area (Å²) in [4.78, 5) is 15.0. The van der Waals surface area contributed by atoms with Crippen molar-refractivity contribution in [2.45, 2.75) is 44.2 Å². The van der Waals surface area contributed by atoms with E-state index in [9.17, 15) is 13.2 Å². The highest BCUT2D eigenvalue weighted by molar-refractivity contribution is 7.91. The zero-order valence-electron chi connectivity index (χ0n) is 16.5. The van der Waals surface area contributed by atoms with Crippen LogP contribution in [-0.4, -0.2) is 49.4 Å². The van der Waals surface area contributed by atoms with Crippen LogP contribution < -0.4 is 4.74 Å². The van der Waals surface area contributed by atoms with Crippen LogP contribution in [0.25, 0.3) is 11.1 Å². The van der Waals surface area contributed by atoms with Crippen molar-refractivity contribution < 1.29 is 17.9 Å². The highest BCUT2D eigenvalue weighted by Crippen LogP contribution is 2.31. The molecule has 1 atom stereocenters. The van der Waals surface area contributed by atoms with Crippen LogP contribution in [0, 0.1) is 0 Å². The lowest BCUT2D eigenvalue weighted by Gasteiger charge is -2.34. The van der Waals surface area contributed by atoms with E-state index in [4.69, 9.17) is 4.74 Å². The molecule has 1 saturated carbocycles. The van der Waals surface area contributed by atoms with E-state index >= 15 is 0 Å². The van der Waals surface area contributed by atoms with Crippen molar-refractivity contribution in [3.05, 3.63) is 54.6 Å². The molecule has 1 unspecified atom stereocenters. The number of carbonyl (C=O) groups is 1. The molecule has 1 aliphatic heterocycles. The standard InChI is InChI=1S/C23H27NO4S/c25-23(24(19-10-4-5-11-19)20-14-15-29(26,27)17-20)16-28-22-13-7-6-12-21(22)18-8-2-1-3-9-18/h1-3,6-9,12-13,19-20H,4-5,10-11,14-17H2. The molecule has 6 heteroatoms. The zero-order valence-corrected chi connectivity index (χ0v) is 17.3. The summed E-state index contributed by atoms with van der Waals surface area (Å²) in [5.41, 5.74) is 1.97. The van der Waals surface area contributed by atoms with Crippen LogP contribution >= 0.6 is 0 Å². The predicted octanol–water partition coefficient (Wildman–Crippen LogP) is 3.69. The Hall–Kier alpha value is -2.34. The van der Waals surface area contributed by atoms with Crippen LogP contribution in [0.15, 0.2) is 54.6 Å². The molecule has 1 aliphatic carbocycles. The van der Waals surface area contributed by atoms with Crippen molar-refractivity contribution in [3.63, 3.8) is 0 Å². The Morgan fingerprint density at radius 1 is 0.931 bits per heavy atom. The van der Waals surface area contributed by atoms with Crippen LogP contribution in [0.1, 0.15) is 32.1 Å². The molecule has 0 radical (unpaired) electrons. The first kappa shape index (κ1) is 20.0. The highest BCUT2D eigenvalue weighted by Gasteiger charge is 2.39. The molecule has 2 fully saturated rings. The molecular weight excluding hydrogens is 386 g/mol. The van der Waals surface area contributed by atoms with Crippen molar-refractivity contribution >= 4 is 15.7 Å². The van der Waals surface area contributed by atoms with Crippen molar-refractivity contribution in [2.75, 3.05) is 18.1 Å². The number of hydrogen-bond donors (Lipinski definition) is 0. The molecule has 154 valence electrons. The normalized spacial score (nSPS) is 21.2. The van der Waals surface area contributed by atoms with Gasteiger partial charge in [-0.15, -0.1) is 0 Å². The number of nitrogens with zero attached hydrogens (tertiary/aromatic N) is 1. The molecule has 29 heavy (non-hydrogen) atoms. The van der Waals surface area contributed by atoms with Gasteiger partial charge >= 0.3 is 0 Å². The van der Waals surface area contributed by atoms with E-state index < -0.39 is 9.84 Å². The minimum atomic E-state index is -3.05. The van der Waals surface area contributed by atoms with Crippen LogP contribution in [0.4, 0.5) is 0 Å². The maximum Gasteiger partial charge on any atom is 0.261 e. The van der Waals surface area contributed by atoms with Crippen LogP contribution in [0.3, 0.4) is 0 Å². The fourth-order valence-corrected chi connectivity index (χ4v) is 6.26. The second-order valence-corrected chi connectivity index (χ2v) is 10.2. The van der Waals surface area contributed by atoms with Gasteiger partial charge in [0.25, 0.3) is 5.91 Å². The first-order valence-corrected chi connectivity index (χ1v) is 12.1. The molecule has 0 bridgehead atoms. The van der Waals surface area contributed by atoms with E-state index in [0.29, 0.717) is 12.2 Å². The summed E-state index contributed by atoms with van der Waals surface area (Å²) < 4.78 is 30.0. The second-order valence-electron chi connectivity index (χ2n) is 7.95. The SMILES string of the molecule is O=C(COc1ccccc1-c1ccccc1)N(C1CCCC1)C1CCS(=O)(=O)C1. The molecule has 2 aliphatic rings. The number of amides is 1. The van der Waals surface area contributed by atoms with E-state index in [1.54, 1.807) is 0 Å². The Balaban J connectivity index is 1.50. The van der Waals surface area contributed by atoms with E-state index in [1.165, 1.54) is 0 Å². The van der Waals surface area contributed by atoms with E-state index in [-0.39, 0.29) is 36.1 Å². The van der Waals surface area contributed by atoms with Gasteiger partial charge in [-0.2, -0.15) is 0 Å². The number of sulfone groups is 1. The van der Waals surface area contributed by atoms with Gasteiger partial charge in [-0.3, -0.25) is 4.79 Å². The van der Waals surface area contributed by atoms with Gasteiger partial charge in [0.1, 0.15) is 5.75 Å². The molecule has 1 amide bonds. The Labute approximate surface area is 172 Å². The largest absolute Gasteiger partial charge is 0.483 e. The lowest BCUT2D eigenvalue weighted by atomic mass is 10.1.